The normalized spacial score (nSPS) is 35.9. The van der Waals surface area contributed by atoms with E-state index in [1.54, 1.807) is 4.52 Å². The van der Waals surface area contributed by atoms with E-state index < -0.39 is 41.4 Å². The average Bonchev–Trinajstić information content (AvgIpc) is 3.30. The highest BCUT2D eigenvalue weighted by Gasteiger charge is 2.92. The maximum atomic E-state index is 12.5. The van der Waals surface area contributed by atoms with Crippen molar-refractivity contribution in [2.75, 3.05) is 5.73 Å². The third-order valence-electron chi connectivity index (χ3n) is 6.21. The zero-order valence-electron chi connectivity index (χ0n) is 16.6. The van der Waals surface area contributed by atoms with E-state index in [2.05, 4.69) is 15.1 Å². The smallest absolute Gasteiger partial charge is 0.419 e. The van der Waals surface area contributed by atoms with Crippen molar-refractivity contribution in [3.8, 4) is 0 Å². The summed E-state index contributed by atoms with van der Waals surface area (Å²) in [5.74, 6) is -0.498. The lowest BCUT2D eigenvalue weighted by Crippen LogP contribution is -2.34. The highest BCUT2D eigenvalue weighted by Crippen LogP contribution is 2.71. The quantitative estimate of drug-likeness (QED) is 0.662. The summed E-state index contributed by atoms with van der Waals surface area (Å²) in [5, 5.41) is 4.31. The second-order valence-electron chi connectivity index (χ2n) is 8.41. The number of aromatic nitrogens is 5. The number of imidazole rings is 1. The maximum Gasteiger partial charge on any atom is 0.419 e. The van der Waals surface area contributed by atoms with Crippen LogP contribution in [0.2, 0.25) is 0 Å². The lowest BCUT2D eigenvalue weighted by Gasteiger charge is -2.24. The van der Waals surface area contributed by atoms with E-state index in [0.29, 0.717) is 11.3 Å². The predicted octanol–water partition coefficient (Wildman–Crippen LogP) is 1.30. The van der Waals surface area contributed by atoms with E-state index in [-0.39, 0.29) is 0 Å². The summed E-state index contributed by atoms with van der Waals surface area (Å²) in [6.07, 6.45) is 3.63. The summed E-state index contributed by atoms with van der Waals surface area (Å²) >= 11 is 0. The number of nitrogens with two attached hydrogens (primary N) is 1. The Bertz CT molecular complexity index is 1180. The fraction of sp³-hybridized carbons (Fsp3) is 0.474. The largest absolute Gasteiger partial charge is 0.439 e. The number of ether oxygens (including phenoxy) is 4. The minimum absolute atomic E-state index is 0.372. The van der Waals surface area contributed by atoms with Gasteiger partial charge in [0.25, 0.3) is 0 Å². The van der Waals surface area contributed by atoms with Crippen LogP contribution in [-0.4, -0.2) is 59.4 Å². The fourth-order valence-corrected chi connectivity index (χ4v) is 4.92. The number of rotatable bonds is 2. The highest BCUT2D eigenvalue weighted by atomic mass is 16.8. The molecule has 11 nitrogen and oxygen atoms in total. The van der Waals surface area contributed by atoms with E-state index in [1.165, 1.54) is 29.6 Å². The topological polar surface area (TPSA) is 128 Å². The Hall–Kier alpha value is -3.02. The van der Waals surface area contributed by atoms with E-state index >= 15 is 0 Å². The van der Waals surface area contributed by atoms with Crippen molar-refractivity contribution in [1.29, 1.82) is 0 Å². The van der Waals surface area contributed by atoms with Crippen LogP contribution in [0.1, 0.15) is 32.6 Å². The van der Waals surface area contributed by atoms with Crippen LogP contribution < -0.4 is 5.73 Å². The molecule has 1 saturated carbocycles. The number of nitrogen functional groups attached to an aromatic ring is 1. The molecule has 5 heterocycles. The van der Waals surface area contributed by atoms with Crippen LogP contribution >= 0.6 is 0 Å². The van der Waals surface area contributed by atoms with Gasteiger partial charge in [-0.15, -0.1) is 0 Å². The first-order valence-electron chi connectivity index (χ1n) is 9.60. The zero-order chi connectivity index (χ0) is 20.9. The molecule has 30 heavy (non-hydrogen) atoms. The van der Waals surface area contributed by atoms with Crippen LogP contribution in [0.4, 0.5) is 10.6 Å². The molecule has 1 unspecified atom stereocenters. The molecule has 3 aromatic rings. The van der Waals surface area contributed by atoms with Gasteiger partial charge in [0, 0.05) is 12.4 Å². The number of nitrogens with zero attached hydrogens (tertiary/aromatic N) is 5. The van der Waals surface area contributed by atoms with Gasteiger partial charge in [0.15, 0.2) is 23.3 Å². The first kappa shape index (κ1) is 17.8. The van der Waals surface area contributed by atoms with Crippen molar-refractivity contribution in [2.45, 2.75) is 56.1 Å². The van der Waals surface area contributed by atoms with Crippen LogP contribution in [-0.2, 0) is 18.9 Å². The molecular formula is C19H20N6O5. The lowest BCUT2D eigenvalue weighted by atomic mass is 10.0. The van der Waals surface area contributed by atoms with E-state index in [1.807, 2.05) is 32.9 Å². The van der Waals surface area contributed by atoms with E-state index in [9.17, 15) is 4.79 Å². The molecule has 3 fully saturated rings. The Kier molecular flexibility index (Phi) is 3.18. The summed E-state index contributed by atoms with van der Waals surface area (Å²) in [5.41, 5.74) is 5.60. The molecule has 1 spiro atoms. The van der Waals surface area contributed by atoms with Crippen molar-refractivity contribution >= 4 is 17.4 Å². The number of fused-ring (bicyclic) bond motifs is 1. The molecule has 0 aromatic carbocycles. The van der Waals surface area contributed by atoms with Crippen molar-refractivity contribution in [3.05, 3.63) is 42.9 Å². The summed E-state index contributed by atoms with van der Waals surface area (Å²) < 4.78 is 27.7. The fourth-order valence-electron chi connectivity index (χ4n) is 4.92. The predicted molar refractivity (Wildman–Crippen MR) is 100 cm³/mol. The molecule has 11 heteroatoms. The Labute approximate surface area is 170 Å². The molecule has 6 rings (SSSR count). The van der Waals surface area contributed by atoms with Gasteiger partial charge in [-0.1, -0.05) is 0 Å². The van der Waals surface area contributed by atoms with Crippen LogP contribution in [0.3, 0.4) is 0 Å². The third-order valence-corrected chi connectivity index (χ3v) is 6.21. The van der Waals surface area contributed by atoms with Crippen LogP contribution in [0, 0.1) is 0 Å². The second-order valence-corrected chi connectivity index (χ2v) is 8.41. The lowest BCUT2D eigenvalue weighted by molar-refractivity contribution is -0.186. The van der Waals surface area contributed by atoms with Crippen molar-refractivity contribution in [2.24, 2.45) is 0 Å². The summed E-state index contributed by atoms with van der Waals surface area (Å²) in [6, 6.07) is 3.72. The standard InChI is InChI=1S/C19H20N6O5/c1-17(2)29-13-12(10-4-5-11-14(20)22-8-23-25(10)11)28-18(3)15(19(13,18)30-17)27-16(26)24-7-6-21-9-24/h4-9,12-13,15H,1-3H3,(H2,20,22,23)/t12-,13-,15?,18+,19+/m0/s1. The molecule has 2 aliphatic heterocycles. The number of carbonyl (C=O) groups excluding carboxylic acids is 1. The monoisotopic (exact) mass is 412 g/mol. The van der Waals surface area contributed by atoms with Crippen LogP contribution in [0.25, 0.3) is 5.52 Å². The first-order valence-corrected chi connectivity index (χ1v) is 9.60. The molecule has 3 aliphatic rings. The van der Waals surface area contributed by atoms with Gasteiger partial charge in [-0.3, -0.25) is 0 Å². The Morgan fingerprint density at radius 3 is 2.87 bits per heavy atom. The first-order chi connectivity index (χ1) is 14.3. The van der Waals surface area contributed by atoms with E-state index in [4.69, 9.17) is 24.7 Å². The number of carbonyl (C=O) groups is 1. The molecule has 156 valence electrons. The SMILES string of the molecule is CC1(C)O[C@H]2[C@H](c3ccc4c(N)ncnn34)O[C@]3(C)C(OC(=O)n4ccnc4)[C@]23O1. The van der Waals surface area contributed by atoms with Gasteiger partial charge in [-0.05, 0) is 32.9 Å². The minimum Gasteiger partial charge on any atom is -0.439 e. The van der Waals surface area contributed by atoms with Gasteiger partial charge in [0.1, 0.15) is 36.0 Å². The molecular weight excluding hydrogens is 392 g/mol. The minimum atomic E-state index is -0.930. The van der Waals surface area contributed by atoms with Crippen molar-refractivity contribution in [1.82, 2.24) is 24.1 Å². The van der Waals surface area contributed by atoms with Crippen LogP contribution in [0.5, 0.6) is 0 Å². The highest BCUT2D eigenvalue weighted by molar-refractivity contribution is 5.71. The number of anilines is 1. The van der Waals surface area contributed by atoms with Gasteiger partial charge in [-0.2, -0.15) is 5.10 Å². The third kappa shape index (κ3) is 2.04. The van der Waals surface area contributed by atoms with Gasteiger partial charge in [0.05, 0.1) is 5.69 Å². The maximum absolute atomic E-state index is 12.5. The summed E-state index contributed by atoms with van der Waals surface area (Å²) in [7, 11) is 0. The zero-order valence-corrected chi connectivity index (χ0v) is 16.6. The summed E-state index contributed by atoms with van der Waals surface area (Å²) in [4.78, 5) is 20.4. The van der Waals surface area contributed by atoms with E-state index in [0.717, 1.165) is 5.69 Å². The molecule has 2 N–H and O–H groups in total. The van der Waals surface area contributed by atoms with Gasteiger partial charge < -0.3 is 24.7 Å². The molecule has 3 aromatic heterocycles. The second kappa shape index (κ2) is 5.36. The molecule has 0 radical (unpaired) electrons. The number of hydrogen-bond acceptors (Lipinski definition) is 9. The Morgan fingerprint density at radius 2 is 2.10 bits per heavy atom. The van der Waals surface area contributed by atoms with Gasteiger partial charge in [0.2, 0.25) is 0 Å². The summed E-state index contributed by atoms with van der Waals surface area (Å²) in [6.45, 7) is 5.54. The Balaban J connectivity index is 1.38. The molecule has 0 amide bonds. The molecule has 1 aliphatic carbocycles. The van der Waals surface area contributed by atoms with Crippen molar-refractivity contribution < 1.29 is 23.7 Å². The molecule has 0 bridgehead atoms. The Morgan fingerprint density at radius 1 is 1.27 bits per heavy atom. The molecule has 5 atom stereocenters. The van der Waals surface area contributed by atoms with Crippen LogP contribution in [0.15, 0.2) is 37.2 Å². The number of hydrogen-bond donors (Lipinski definition) is 1. The average molecular weight is 412 g/mol. The van der Waals surface area contributed by atoms with Gasteiger partial charge in [-0.25, -0.2) is 23.8 Å². The van der Waals surface area contributed by atoms with Gasteiger partial charge >= 0.3 is 6.09 Å². The van der Waals surface area contributed by atoms with Crippen molar-refractivity contribution in [3.63, 3.8) is 0 Å². The molecule has 2 saturated heterocycles.